The lowest BCUT2D eigenvalue weighted by atomic mass is 9.78. The average molecular weight is 1000 g/mol. The summed E-state index contributed by atoms with van der Waals surface area (Å²) in [6, 6.07) is -1.16. The molecule has 3 aliphatic heterocycles. The van der Waals surface area contributed by atoms with Crippen LogP contribution >= 0.6 is 0 Å². The van der Waals surface area contributed by atoms with Gasteiger partial charge in [-0.25, -0.2) is 9.59 Å². The summed E-state index contributed by atoms with van der Waals surface area (Å²) in [6.45, 7) is 14.5. The number of aliphatic carboxylic acids is 1. The predicted octanol–water partition coefficient (Wildman–Crippen LogP) is 6.93. The molecule has 0 radical (unpaired) electrons. The van der Waals surface area contributed by atoms with Gasteiger partial charge in [0.1, 0.15) is 30.3 Å². The molecule has 400 valence electrons. The Kier molecular flexibility index (Phi) is 24.0. The lowest BCUT2D eigenvalue weighted by Crippen LogP contribution is -2.61. The van der Waals surface area contributed by atoms with Crippen molar-refractivity contribution in [2.24, 2.45) is 41.4 Å². The Morgan fingerprint density at radius 2 is 1.61 bits per heavy atom. The second-order valence-corrected chi connectivity index (χ2v) is 21.0. The Morgan fingerprint density at radius 1 is 0.873 bits per heavy atom. The first-order valence-electron chi connectivity index (χ1n) is 26.0. The minimum absolute atomic E-state index is 0.0588. The number of esters is 1. The number of nitrogens with zero attached hydrogens (tertiary/aromatic N) is 1. The zero-order valence-electron chi connectivity index (χ0n) is 44.0. The molecular formula is C55H85NO15. The molecule has 71 heavy (non-hydrogen) atoms. The number of Topliss-reactive ketones (excluding diaryl/α,β-unsaturated/α-hetero) is 3. The number of aliphatic hydroxyl groups excluding tert-OH is 1. The van der Waals surface area contributed by atoms with Crippen molar-refractivity contribution in [2.45, 2.75) is 181 Å². The van der Waals surface area contributed by atoms with Gasteiger partial charge in [0, 0.05) is 57.3 Å². The number of cyclic esters (lactones) is 1. The largest absolute Gasteiger partial charge is 0.480 e. The minimum Gasteiger partial charge on any atom is -0.480 e. The zero-order chi connectivity index (χ0) is 52.6. The second kappa shape index (κ2) is 28.5. The van der Waals surface area contributed by atoms with Crippen LogP contribution < -0.4 is 0 Å². The normalized spacial score (nSPS) is 37.9. The summed E-state index contributed by atoms with van der Waals surface area (Å²) < 4.78 is 35.3. The van der Waals surface area contributed by atoms with E-state index in [2.05, 4.69) is 0 Å². The van der Waals surface area contributed by atoms with Gasteiger partial charge in [0.05, 0.1) is 43.7 Å². The molecule has 3 fully saturated rings. The Morgan fingerprint density at radius 3 is 2.30 bits per heavy atom. The summed E-state index contributed by atoms with van der Waals surface area (Å²) in [5, 5.41) is 32.3. The van der Waals surface area contributed by atoms with Crippen LogP contribution in [0.25, 0.3) is 0 Å². The lowest BCUT2D eigenvalue weighted by Gasteiger charge is -2.42. The molecule has 1 saturated carbocycles. The standard InChI is InChI=1S/C55H85NO15/c1-33-16-12-11-13-17-34(2)46(66-9)30-42-21-19-39(7)55(65,71-42)52(62)53(63)56-23-15-14-18-43(56)54(64)70-47(31-44(57)35(3)27-38(6)51(61)40(8)50(60)37(5)26-33)36(4)28-41-20-22-45(48(29-41)67-10)69-25-24-68-32-49(58)59/h11-13,16-17,27,33,35-37,39-43,45-48,51,61,65H,14-15,18-26,28-32H2,1-10H3,(H,58,59)/b13-11+,16-12+,34-17+,38-27+/t33-,35-,36+,37-,39-,40+,41-,42+,43?,45-,46+,47+,48-,51-,55-/m1/s1. The molecule has 0 aromatic heterocycles. The highest BCUT2D eigenvalue weighted by Crippen LogP contribution is 2.38. The third kappa shape index (κ3) is 17.1. The van der Waals surface area contributed by atoms with Crippen LogP contribution in [0.1, 0.15) is 132 Å². The first kappa shape index (κ1) is 59.7. The molecule has 3 N–H and O–H groups in total. The molecule has 1 aliphatic carbocycles. The SMILES string of the molecule is CO[C@H]1C[C@@H]2CC[C@@H](C)[C@@](O)(O2)C(=O)C(=O)N2CCCCC2C(=O)O[C@H]([C@@H](C)C[C@H]2CC[C@@H](OCCOCC(=O)O)[C@H](OC)C2)CC(=O)[C@H](C)/C=C(\C)[C@@H](O)[C@@H](C)C(=O)[C@H](C)C[C@H](C)/C=C/C=C/C=C/1C. The molecule has 2 saturated heterocycles. The fourth-order valence-corrected chi connectivity index (χ4v) is 10.8. The van der Waals surface area contributed by atoms with E-state index in [-0.39, 0.29) is 80.0 Å². The Bertz CT molecular complexity index is 1930. The van der Waals surface area contributed by atoms with Crippen molar-refractivity contribution in [1.82, 2.24) is 4.90 Å². The molecule has 0 aromatic rings. The number of amides is 1. The van der Waals surface area contributed by atoms with Crippen LogP contribution in [-0.4, -0.2) is 144 Å². The number of methoxy groups -OCH3 is 2. The smallest absolute Gasteiger partial charge is 0.329 e. The van der Waals surface area contributed by atoms with Crippen molar-refractivity contribution in [3.8, 4) is 0 Å². The van der Waals surface area contributed by atoms with Crippen LogP contribution in [-0.2, 0) is 57.2 Å². The lowest BCUT2D eigenvalue weighted by molar-refractivity contribution is -0.265. The number of hydrogen-bond acceptors (Lipinski definition) is 14. The molecule has 3 heterocycles. The number of aliphatic hydroxyl groups is 2. The molecule has 1 unspecified atom stereocenters. The molecule has 4 aliphatic rings. The number of allylic oxidation sites excluding steroid dienone is 6. The number of piperidine rings is 1. The van der Waals surface area contributed by atoms with Gasteiger partial charge in [-0.3, -0.25) is 19.2 Å². The van der Waals surface area contributed by atoms with Gasteiger partial charge < -0.3 is 48.6 Å². The maximum absolute atomic E-state index is 14.5. The van der Waals surface area contributed by atoms with Gasteiger partial charge in [-0.2, -0.15) is 0 Å². The van der Waals surface area contributed by atoms with E-state index >= 15 is 0 Å². The van der Waals surface area contributed by atoms with Crippen molar-refractivity contribution in [3.63, 3.8) is 0 Å². The summed E-state index contributed by atoms with van der Waals surface area (Å²) in [6.07, 6.45) is 13.2. The summed E-state index contributed by atoms with van der Waals surface area (Å²) in [7, 11) is 3.18. The second-order valence-electron chi connectivity index (χ2n) is 21.0. The number of carbonyl (C=O) groups excluding carboxylic acids is 5. The van der Waals surface area contributed by atoms with E-state index in [1.165, 1.54) is 4.90 Å². The monoisotopic (exact) mass is 1000 g/mol. The van der Waals surface area contributed by atoms with Crippen LogP contribution in [0.15, 0.2) is 47.6 Å². The van der Waals surface area contributed by atoms with Gasteiger partial charge in [-0.15, -0.1) is 0 Å². The van der Waals surface area contributed by atoms with Crippen LogP contribution in [0.4, 0.5) is 0 Å². The molecule has 16 heteroatoms. The van der Waals surface area contributed by atoms with Gasteiger partial charge >= 0.3 is 11.9 Å². The summed E-state index contributed by atoms with van der Waals surface area (Å²) in [4.78, 5) is 83.0. The highest BCUT2D eigenvalue weighted by molar-refractivity contribution is 6.39. The van der Waals surface area contributed by atoms with E-state index in [0.29, 0.717) is 63.4 Å². The summed E-state index contributed by atoms with van der Waals surface area (Å²) in [5.74, 6) is -9.48. The number of ketones is 3. The van der Waals surface area contributed by atoms with Crippen LogP contribution in [0.2, 0.25) is 0 Å². The van der Waals surface area contributed by atoms with E-state index < -0.39 is 84.2 Å². The van der Waals surface area contributed by atoms with Crippen molar-refractivity contribution < 1.29 is 72.5 Å². The first-order valence-corrected chi connectivity index (χ1v) is 26.0. The van der Waals surface area contributed by atoms with Gasteiger partial charge in [0.2, 0.25) is 5.79 Å². The molecule has 1 amide bonds. The van der Waals surface area contributed by atoms with Gasteiger partial charge in [0.25, 0.3) is 11.7 Å². The van der Waals surface area contributed by atoms with Gasteiger partial charge in [-0.1, -0.05) is 78.0 Å². The number of carboxylic acid groups (broad SMARTS) is 1. The minimum atomic E-state index is -2.44. The highest BCUT2D eigenvalue weighted by atomic mass is 16.6. The molecule has 2 bridgehead atoms. The Labute approximate surface area is 421 Å². The van der Waals surface area contributed by atoms with Crippen LogP contribution in [0.3, 0.4) is 0 Å². The number of carboxylic acids is 1. The Hall–Kier alpha value is -3.90. The molecule has 16 nitrogen and oxygen atoms in total. The fraction of sp³-hybridized carbons (Fsp3) is 0.745. The zero-order valence-corrected chi connectivity index (χ0v) is 44.0. The van der Waals surface area contributed by atoms with Crippen LogP contribution in [0, 0.1) is 41.4 Å². The molecule has 0 aromatic carbocycles. The number of hydrogen-bond donors (Lipinski definition) is 3. The quantitative estimate of drug-likeness (QED) is 0.0827. The summed E-state index contributed by atoms with van der Waals surface area (Å²) in [5.41, 5.74) is 1.36. The van der Waals surface area contributed by atoms with E-state index in [0.717, 1.165) is 12.0 Å². The maximum atomic E-state index is 14.5. The van der Waals surface area contributed by atoms with Crippen molar-refractivity contribution in [3.05, 3.63) is 47.6 Å². The fourth-order valence-electron chi connectivity index (χ4n) is 10.8. The predicted molar refractivity (Wildman–Crippen MR) is 266 cm³/mol. The molecule has 4 rings (SSSR count). The van der Waals surface area contributed by atoms with Crippen molar-refractivity contribution in [1.29, 1.82) is 0 Å². The average Bonchev–Trinajstić information content (AvgIpc) is 3.34. The van der Waals surface area contributed by atoms with Crippen molar-refractivity contribution >= 4 is 35.2 Å². The first-order chi connectivity index (χ1) is 33.6. The highest BCUT2D eigenvalue weighted by Gasteiger charge is 2.53. The number of carbonyl (C=O) groups is 6. The van der Waals surface area contributed by atoms with Crippen molar-refractivity contribution in [2.75, 3.05) is 40.6 Å². The Balaban J connectivity index is 1.65. The van der Waals surface area contributed by atoms with Crippen LogP contribution in [0.5, 0.6) is 0 Å². The van der Waals surface area contributed by atoms with E-state index in [9.17, 15) is 39.0 Å². The maximum Gasteiger partial charge on any atom is 0.329 e. The van der Waals surface area contributed by atoms with Gasteiger partial charge in [0.15, 0.2) is 0 Å². The third-order valence-electron chi connectivity index (χ3n) is 15.3. The van der Waals surface area contributed by atoms with E-state index in [1.807, 2.05) is 58.1 Å². The van der Waals surface area contributed by atoms with Gasteiger partial charge in [-0.05, 0) is 107 Å². The number of rotatable bonds is 11. The molecular weight excluding hydrogens is 915 g/mol. The summed E-state index contributed by atoms with van der Waals surface area (Å²) >= 11 is 0. The molecule has 15 atom stereocenters. The van der Waals surface area contributed by atoms with E-state index in [1.54, 1.807) is 48.0 Å². The van der Waals surface area contributed by atoms with E-state index in [4.69, 9.17) is 33.5 Å². The topological polar surface area (TPSA) is 222 Å². The third-order valence-corrected chi connectivity index (χ3v) is 15.3. The number of ether oxygens (including phenoxy) is 6. The molecule has 0 spiro atoms. The number of fused-ring (bicyclic) bond motifs is 3.